The van der Waals surface area contributed by atoms with Crippen molar-refractivity contribution in [2.75, 3.05) is 10.2 Å². The Morgan fingerprint density at radius 1 is 0.808 bits per heavy atom. The molecule has 26 heavy (non-hydrogen) atoms. The molecule has 0 saturated carbocycles. The highest BCUT2D eigenvalue weighted by molar-refractivity contribution is 6.39. The van der Waals surface area contributed by atoms with Crippen molar-refractivity contribution in [1.82, 2.24) is 0 Å². The van der Waals surface area contributed by atoms with Crippen LogP contribution in [0.3, 0.4) is 0 Å². The molecular weight excluding hydrogens is 391 g/mol. The lowest BCUT2D eigenvalue weighted by molar-refractivity contribution is 0.0993. The van der Waals surface area contributed by atoms with Gasteiger partial charge >= 0.3 is 0 Å². The molecule has 0 bridgehead atoms. The van der Waals surface area contributed by atoms with E-state index in [1.165, 1.54) is 0 Å². The molecule has 1 aliphatic rings. The van der Waals surface area contributed by atoms with E-state index in [2.05, 4.69) is 5.32 Å². The second kappa shape index (κ2) is 6.84. The lowest BCUT2D eigenvalue weighted by Crippen LogP contribution is -2.32. The van der Waals surface area contributed by atoms with Crippen molar-refractivity contribution in [2.45, 2.75) is 6.17 Å². The third-order valence-electron chi connectivity index (χ3n) is 4.31. The fraction of sp³-hybridized carbons (Fsp3) is 0.0500. The summed E-state index contributed by atoms with van der Waals surface area (Å²) in [6.45, 7) is 0. The quantitative estimate of drug-likeness (QED) is 0.547. The number of para-hydroxylation sites is 1. The Hall–Kier alpha value is -2.20. The second-order valence-electron chi connectivity index (χ2n) is 5.88. The Morgan fingerprint density at radius 2 is 1.46 bits per heavy atom. The van der Waals surface area contributed by atoms with E-state index in [4.69, 9.17) is 34.8 Å². The molecule has 1 aliphatic heterocycles. The third kappa shape index (κ3) is 2.92. The van der Waals surface area contributed by atoms with Crippen molar-refractivity contribution in [3.63, 3.8) is 0 Å². The first-order valence-electron chi connectivity index (χ1n) is 7.95. The van der Waals surface area contributed by atoms with Gasteiger partial charge in [-0.3, -0.25) is 9.69 Å². The predicted molar refractivity (Wildman–Crippen MR) is 108 cm³/mol. The molecule has 3 nitrogen and oxygen atoms in total. The van der Waals surface area contributed by atoms with Crippen LogP contribution in [0.1, 0.15) is 22.1 Å². The zero-order chi connectivity index (χ0) is 18.3. The Kier molecular flexibility index (Phi) is 4.53. The van der Waals surface area contributed by atoms with Crippen LogP contribution in [0.25, 0.3) is 0 Å². The Bertz CT molecular complexity index is 968. The summed E-state index contributed by atoms with van der Waals surface area (Å²) in [5.41, 5.74) is 2.83. The zero-order valence-electron chi connectivity index (χ0n) is 13.4. The number of amides is 1. The summed E-state index contributed by atoms with van der Waals surface area (Å²) in [6, 6.07) is 19.9. The first kappa shape index (κ1) is 17.2. The van der Waals surface area contributed by atoms with Gasteiger partial charge in [-0.25, -0.2) is 0 Å². The molecule has 0 unspecified atom stereocenters. The number of anilines is 2. The van der Waals surface area contributed by atoms with Crippen LogP contribution in [0, 0.1) is 0 Å². The van der Waals surface area contributed by atoms with E-state index in [0.717, 1.165) is 11.3 Å². The Balaban J connectivity index is 1.82. The fourth-order valence-corrected chi connectivity index (χ4v) is 3.73. The maximum Gasteiger partial charge on any atom is 0.260 e. The monoisotopic (exact) mass is 402 g/mol. The molecule has 1 heterocycles. The maximum atomic E-state index is 13.0. The highest BCUT2D eigenvalue weighted by Crippen LogP contribution is 2.41. The summed E-state index contributed by atoms with van der Waals surface area (Å²) in [5.74, 6) is -0.0939. The first-order chi connectivity index (χ1) is 12.6. The normalized spacial score (nSPS) is 15.9. The van der Waals surface area contributed by atoms with Gasteiger partial charge in [0.25, 0.3) is 5.91 Å². The number of benzene rings is 3. The van der Waals surface area contributed by atoms with E-state index in [-0.39, 0.29) is 5.91 Å². The topological polar surface area (TPSA) is 32.3 Å². The van der Waals surface area contributed by atoms with Gasteiger partial charge in [0.1, 0.15) is 6.17 Å². The number of halogens is 3. The highest BCUT2D eigenvalue weighted by Gasteiger charge is 2.38. The summed E-state index contributed by atoms with van der Waals surface area (Å²) in [7, 11) is 0. The molecule has 130 valence electrons. The summed E-state index contributed by atoms with van der Waals surface area (Å²) in [4.78, 5) is 14.7. The number of hydrogen-bond donors (Lipinski definition) is 1. The van der Waals surface area contributed by atoms with E-state index in [1.54, 1.807) is 35.2 Å². The van der Waals surface area contributed by atoms with Gasteiger partial charge in [0.15, 0.2) is 0 Å². The van der Waals surface area contributed by atoms with Gasteiger partial charge in [0.05, 0.1) is 15.7 Å². The summed E-state index contributed by atoms with van der Waals surface area (Å²) in [5, 5.41) is 4.93. The Morgan fingerprint density at radius 3 is 2.15 bits per heavy atom. The highest BCUT2D eigenvalue weighted by atomic mass is 35.5. The van der Waals surface area contributed by atoms with E-state index >= 15 is 0 Å². The van der Waals surface area contributed by atoms with Crippen LogP contribution in [0.5, 0.6) is 0 Å². The van der Waals surface area contributed by atoms with Crippen LogP contribution in [0.15, 0.2) is 66.7 Å². The second-order valence-corrected chi connectivity index (χ2v) is 7.13. The Labute approximate surface area is 166 Å². The molecule has 0 spiro atoms. The predicted octanol–water partition coefficient (Wildman–Crippen LogP) is 6.42. The van der Waals surface area contributed by atoms with Crippen LogP contribution in [0.4, 0.5) is 11.4 Å². The van der Waals surface area contributed by atoms with Crippen LogP contribution >= 0.6 is 34.8 Å². The summed E-state index contributed by atoms with van der Waals surface area (Å²) >= 11 is 18.6. The van der Waals surface area contributed by atoms with Crippen LogP contribution in [-0.2, 0) is 0 Å². The summed E-state index contributed by atoms with van der Waals surface area (Å²) < 4.78 is 0. The van der Waals surface area contributed by atoms with Crippen LogP contribution in [0.2, 0.25) is 15.1 Å². The standard InChI is InChI=1S/C20H13Cl3N2O/c21-12-8-10-13(11-9-12)25-19(14-4-1-2-5-15(14)20(25)26)24-18-16(22)6-3-7-17(18)23/h1-11,19,24H/t19-/m1/s1. The molecular formula is C20H13Cl3N2O. The van der Waals surface area contributed by atoms with E-state index in [0.29, 0.717) is 26.3 Å². The lowest BCUT2D eigenvalue weighted by atomic mass is 10.1. The van der Waals surface area contributed by atoms with Gasteiger partial charge in [0, 0.05) is 21.8 Å². The maximum absolute atomic E-state index is 13.0. The SMILES string of the molecule is O=C1c2ccccc2[C@H](Nc2c(Cl)cccc2Cl)N1c1ccc(Cl)cc1. The van der Waals surface area contributed by atoms with Crippen molar-refractivity contribution in [2.24, 2.45) is 0 Å². The number of fused-ring (bicyclic) bond motifs is 1. The minimum absolute atomic E-state index is 0.0939. The van der Waals surface area contributed by atoms with E-state index in [9.17, 15) is 4.79 Å². The van der Waals surface area contributed by atoms with Crippen molar-refractivity contribution < 1.29 is 4.79 Å². The van der Waals surface area contributed by atoms with Crippen molar-refractivity contribution >= 4 is 52.1 Å². The molecule has 1 atom stereocenters. The van der Waals surface area contributed by atoms with Crippen LogP contribution in [-0.4, -0.2) is 5.91 Å². The van der Waals surface area contributed by atoms with Gasteiger partial charge in [0.2, 0.25) is 0 Å². The molecule has 3 aromatic rings. The molecule has 1 N–H and O–H groups in total. The molecule has 0 fully saturated rings. The average molecular weight is 404 g/mol. The number of nitrogens with one attached hydrogen (secondary N) is 1. The molecule has 6 heteroatoms. The minimum atomic E-state index is -0.433. The third-order valence-corrected chi connectivity index (χ3v) is 5.19. The zero-order valence-corrected chi connectivity index (χ0v) is 15.7. The molecule has 3 aromatic carbocycles. The van der Waals surface area contributed by atoms with Crippen molar-refractivity contribution in [3.8, 4) is 0 Å². The number of carbonyl (C=O) groups is 1. The van der Waals surface area contributed by atoms with Gasteiger partial charge in [-0.15, -0.1) is 0 Å². The average Bonchev–Trinajstić information content (AvgIpc) is 2.92. The largest absolute Gasteiger partial charge is 0.359 e. The number of carbonyl (C=O) groups excluding carboxylic acids is 1. The minimum Gasteiger partial charge on any atom is -0.359 e. The van der Waals surface area contributed by atoms with Crippen molar-refractivity contribution in [1.29, 1.82) is 0 Å². The molecule has 0 radical (unpaired) electrons. The number of rotatable bonds is 3. The van der Waals surface area contributed by atoms with E-state index in [1.807, 2.05) is 36.4 Å². The molecule has 0 aliphatic carbocycles. The number of hydrogen-bond acceptors (Lipinski definition) is 2. The van der Waals surface area contributed by atoms with Gasteiger partial charge in [-0.05, 0) is 42.5 Å². The molecule has 0 aromatic heterocycles. The number of nitrogens with zero attached hydrogens (tertiary/aromatic N) is 1. The van der Waals surface area contributed by atoms with E-state index < -0.39 is 6.17 Å². The summed E-state index contributed by atoms with van der Waals surface area (Å²) in [6.07, 6.45) is -0.433. The smallest absolute Gasteiger partial charge is 0.260 e. The van der Waals surface area contributed by atoms with Crippen molar-refractivity contribution in [3.05, 3.63) is 92.9 Å². The molecule has 4 rings (SSSR count). The van der Waals surface area contributed by atoms with Gasteiger partial charge < -0.3 is 5.32 Å². The van der Waals surface area contributed by atoms with Gasteiger partial charge in [-0.1, -0.05) is 59.1 Å². The molecule has 0 saturated heterocycles. The molecule has 1 amide bonds. The van der Waals surface area contributed by atoms with Crippen LogP contribution < -0.4 is 10.2 Å². The fourth-order valence-electron chi connectivity index (χ4n) is 3.10. The first-order valence-corrected chi connectivity index (χ1v) is 9.08. The lowest BCUT2D eigenvalue weighted by Gasteiger charge is -2.28. The van der Waals surface area contributed by atoms with Gasteiger partial charge in [-0.2, -0.15) is 0 Å².